The average molecular weight is 579 g/mol. The lowest BCUT2D eigenvalue weighted by Gasteiger charge is -2.30. The van der Waals surface area contributed by atoms with Crippen LogP contribution in [-0.4, -0.2) is 79.1 Å². The van der Waals surface area contributed by atoms with Gasteiger partial charge >= 0.3 is 0 Å². The van der Waals surface area contributed by atoms with Crippen molar-refractivity contribution in [2.24, 2.45) is 0 Å². The van der Waals surface area contributed by atoms with Crippen molar-refractivity contribution in [3.8, 4) is 11.5 Å². The number of sulfonamides is 1. The lowest BCUT2D eigenvalue weighted by molar-refractivity contribution is -0.110. The summed E-state index contributed by atoms with van der Waals surface area (Å²) in [6, 6.07) is 20.3. The molecule has 0 spiro atoms. The van der Waals surface area contributed by atoms with Gasteiger partial charge in [-0.15, -0.1) is 0 Å². The number of benzene rings is 3. The highest BCUT2D eigenvalue weighted by atomic mass is 32.2. The maximum absolute atomic E-state index is 13.3. The summed E-state index contributed by atoms with van der Waals surface area (Å²) < 4.78 is 43.1. The van der Waals surface area contributed by atoms with E-state index in [0.29, 0.717) is 71.7 Å². The molecule has 1 amide bonds. The van der Waals surface area contributed by atoms with E-state index >= 15 is 0 Å². The second-order valence-corrected chi connectivity index (χ2v) is 11.7. The Balaban J connectivity index is 1.48. The molecule has 0 unspecified atom stereocenters. The van der Waals surface area contributed by atoms with E-state index in [1.165, 1.54) is 10.6 Å². The second-order valence-electron chi connectivity index (χ2n) is 9.78. The molecule has 0 aliphatic carbocycles. The number of ether oxygens (including phenoxy) is 3. The number of nitrogens with zero attached hydrogens (tertiary/aromatic N) is 2. The monoisotopic (exact) mass is 578 g/mol. The van der Waals surface area contributed by atoms with Crippen LogP contribution in [-0.2, 0) is 19.6 Å². The van der Waals surface area contributed by atoms with Crippen molar-refractivity contribution in [1.82, 2.24) is 4.90 Å². The standard InChI is InChI=1S/C30H34N4O6S/c1-38-26-19-24-25(20-27(26)39-2)32-30(35)28(24)29(21-7-5-4-6-8-21)31-22-9-11-23(12-10-22)34(41(3,36)37)14-13-33-15-17-40-18-16-33/h4-12,19-20,31H,13-18H2,1-3H3,(H,32,35). The van der Waals surface area contributed by atoms with Crippen LogP contribution in [0.25, 0.3) is 11.3 Å². The Morgan fingerprint density at radius 1 is 1.00 bits per heavy atom. The Morgan fingerprint density at radius 2 is 1.66 bits per heavy atom. The number of carbonyl (C=O) groups excluding carboxylic acids is 1. The van der Waals surface area contributed by atoms with Gasteiger partial charge in [0, 0.05) is 43.5 Å². The average Bonchev–Trinajstić information content (AvgIpc) is 3.30. The predicted octanol–water partition coefficient (Wildman–Crippen LogP) is 3.73. The van der Waals surface area contributed by atoms with Gasteiger partial charge in [0.2, 0.25) is 10.0 Å². The fourth-order valence-electron chi connectivity index (χ4n) is 5.03. The minimum atomic E-state index is -3.49. The molecule has 0 radical (unpaired) electrons. The molecule has 0 atom stereocenters. The van der Waals surface area contributed by atoms with E-state index in [1.54, 1.807) is 38.5 Å². The Bertz CT molecular complexity index is 1540. The highest BCUT2D eigenvalue weighted by molar-refractivity contribution is 7.92. The molecule has 3 aromatic carbocycles. The van der Waals surface area contributed by atoms with Gasteiger partial charge in [-0.1, -0.05) is 30.3 Å². The molecule has 2 heterocycles. The van der Waals surface area contributed by atoms with Gasteiger partial charge in [0.15, 0.2) is 11.5 Å². The third-order valence-electron chi connectivity index (χ3n) is 7.13. The molecule has 11 heteroatoms. The second kappa shape index (κ2) is 12.2. The molecule has 2 aliphatic rings. The Kier molecular flexibility index (Phi) is 8.48. The smallest absolute Gasteiger partial charge is 0.258 e. The summed E-state index contributed by atoms with van der Waals surface area (Å²) in [5, 5.41) is 6.35. The maximum atomic E-state index is 13.3. The summed E-state index contributed by atoms with van der Waals surface area (Å²) in [6.45, 7) is 3.83. The largest absolute Gasteiger partial charge is 0.493 e. The number of methoxy groups -OCH3 is 2. The Morgan fingerprint density at radius 3 is 2.29 bits per heavy atom. The van der Waals surface area contributed by atoms with E-state index in [9.17, 15) is 13.2 Å². The number of morpholine rings is 1. The molecular formula is C30H34N4O6S. The van der Waals surface area contributed by atoms with Crippen LogP contribution in [0.3, 0.4) is 0 Å². The molecule has 2 N–H and O–H groups in total. The third kappa shape index (κ3) is 6.32. The van der Waals surface area contributed by atoms with Crippen molar-refractivity contribution in [2.75, 3.05) is 74.8 Å². The van der Waals surface area contributed by atoms with Gasteiger partial charge in [0.1, 0.15) is 0 Å². The summed E-state index contributed by atoms with van der Waals surface area (Å²) in [5.41, 5.74) is 4.45. The van der Waals surface area contributed by atoms with Crippen molar-refractivity contribution in [3.05, 3.63) is 77.9 Å². The van der Waals surface area contributed by atoms with Crippen LogP contribution in [0.15, 0.2) is 66.7 Å². The van der Waals surface area contributed by atoms with Crippen molar-refractivity contribution in [2.45, 2.75) is 0 Å². The summed E-state index contributed by atoms with van der Waals surface area (Å²) in [6.07, 6.45) is 1.22. The first kappa shape index (κ1) is 28.5. The maximum Gasteiger partial charge on any atom is 0.258 e. The molecule has 0 saturated carbocycles. The van der Waals surface area contributed by atoms with Crippen LogP contribution in [0.1, 0.15) is 11.1 Å². The van der Waals surface area contributed by atoms with Gasteiger partial charge in [-0.3, -0.25) is 14.0 Å². The molecule has 216 valence electrons. The van der Waals surface area contributed by atoms with Crippen LogP contribution in [0.2, 0.25) is 0 Å². The fourth-order valence-corrected chi connectivity index (χ4v) is 5.95. The summed E-state index contributed by atoms with van der Waals surface area (Å²) >= 11 is 0. The van der Waals surface area contributed by atoms with E-state index in [4.69, 9.17) is 14.2 Å². The highest BCUT2D eigenvalue weighted by Gasteiger charge is 2.30. The van der Waals surface area contributed by atoms with E-state index in [0.717, 1.165) is 18.7 Å². The van der Waals surface area contributed by atoms with E-state index in [2.05, 4.69) is 15.5 Å². The van der Waals surface area contributed by atoms with Gasteiger partial charge in [-0.25, -0.2) is 8.42 Å². The molecule has 5 rings (SSSR count). The minimum Gasteiger partial charge on any atom is -0.493 e. The molecule has 0 bridgehead atoms. The first-order valence-corrected chi connectivity index (χ1v) is 15.2. The first-order chi connectivity index (χ1) is 19.8. The molecule has 1 saturated heterocycles. The lowest BCUT2D eigenvalue weighted by Crippen LogP contribution is -2.43. The van der Waals surface area contributed by atoms with Crippen molar-refractivity contribution < 1.29 is 27.4 Å². The van der Waals surface area contributed by atoms with Crippen LogP contribution in [0.5, 0.6) is 11.5 Å². The molecule has 41 heavy (non-hydrogen) atoms. The van der Waals surface area contributed by atoms with Gasteiger partial charge in [-0.05, 0) is 35.9 Å². The van der Waals surface area contributed by atoms with Crippen molar-refractivity contribution >= 4 is 44.3 Å². The summed E-state index contributed by atoms with van der Waals surface area (Å²) in [5.74, 6) is 0.765. The lowest BCUT2D eigenvalue weighted by atomic mass is 9.99. The SMILES string of the molecule is COc1cc2c(cc1OC)C(=C(Nc1ccc(N(CCN3CCOCC3)S(C)(=O)=O)cc1)c1ccccc1)C(=O)N2. The molecule has 2 aliphatic heterocycles. The third-order valence-corrected chi connectivity index (χ3v) is 8.32. The van der Waals surface area contributed by atoms with Crippen LogP contribution in [0.4, 0.5) is 17.1 Å². The molecule has 0 aromatic heterocycles. The molecule has 10 nitrogen and oxygen atoms in total. The van der Waals surface area contributed by atoms with Crippen molar-refractivity contribution in [3.63, 3.8) is 0 Å². The Hall–Kier alpha value is -4.06. The van der Waals surface area contributed by atoms with E-state index in [-0.39, 0.29) is 5.91 Å². The fraction of sp³-hybridized carbons (Fsp3) is 0.300. The van der Waals surface area contributed by atoms with Crippen LogP contribution >= 0.6 is 0 Å². The molecule has 3 aromatic rings. The normalized spacial score (nSPS) is 16.5. The van der Waals surface area contributed by atoms with Gasteiger partial charge < -0.3 is 24.8 Å². The zero-order chi connectivity index (χ0) is 29.0. The zero-order valence-corrected chi connectivity index (χ0v) is 24.2. The number of carbonyl (C=O) groups is 1. The number of hydrogen-bond acceptors (Lipinski definition) is 8. The Labute approximate surface area is 240 Å². The van der Waals surface area contributed by atoms with E-state index in [1.807, 2.05) is 42.5 Å². The first-order valence-electron chi connectivity index (χ1n) is 13.3. The molecular weight excluding hydrogens is 544 g/mol. The number of hydrogen-bond donors (Lipinski definition) is 2. The number of anilines is 3. The highest BCUT2D eigenvalue weighted by Crippen LogP contribution is 2.43. The van der Waals surface area contributed by atoms with Crippen molar-refractivity contribution in [1.29, 1.82) is 0 Å². The quantitative estimate of drug-likeness (QED) is 0.351. The zero-order valence-electron chi connectivity index (χ0n) is 23.3. The number of nitrogens with one attached hydrogen (secondary N) is 2. The predicted molar refractivity (Wildman–Crippen MR) is 161 cm³/mol. The number of amides is 1. The van der Waals surface area contributed by atoms with Crippen LogP contribution in [0, 0.1) is 0 Å². The van der Waals surface area contributed by atoms with Crippen LogP contribution < -0.4 is 24.4 Å². The number of fused-ring (bicyclic) bond motifs is 1. The summed E-state index contributed by atoms with van der Waals surface area (Å²) in [7, 11) is -0.394. The van der Waals surface area contributed by atoms with E-state index < -0.39 is 10.0 Å². The summed E-state index contributed by atoms with van der Waals surface area (Å²) in [4.78, 5) is 15.5. The minimum absolute atomic E-state index is 0.260. The topological polar surface area (TPSA) is 109 Å². The molecule has 1 fully saturated rings. The number of rotatable bonds is 10. The van der Waals surface area contributed by atoms with Gasteiger partial charge in [0.05, 0.1) is 56.3 Å². The van der Waals surface area contributed by atoms with Gasteiger partial charge in [-0.2, -0.15) is 0 Å². The van der Waals surface area contributed by atoms with Gasteiger partial charge in [0.25, 0.3) is 5.91 Å².